The summed E-state index contributed by atoms with van der Waals surface area (Å²) in [6, 6.07) is 1.70. The third-order valence-corrected chi connectivity index (χ3v) is 3.38. The third-order valence-electron chi connectivity index (χ3n) is 3.38. The lowest BCUT2D eigenvalue weighted by Gasteiger charge is -2.28. The van der Waals surface area contributed by atoms with Gasteiger partial charge in [-0.2, -0.15) is 0 Å². The number of rotatable bonds is 4. The Labute approximate surface area is 111 Å². The number of nitrogens with one attached hydrogen (secondary N) is 2. The Morgan fingerprint density at radius 1 is 1.63 bits per heavy atom. The van der Waals surface area contributed by atoms with Gasteiger partial charge in [0.1, 0.15) is 17.7 Å². The number of ether oxygens (including phenoxy) is 1. The number of pyridine rings is 1. The van der Waals surface area contributed by atoms with Gasteiger partial charge in [0.2, 0.25) is 0 Å². The van der Waals surface area contributed by atoms with Gasteiger partial charge in [-0.3, -0.25) is 4.79 Å². The Morgan fingerprint density at radius 3 is 2.95 bits per heavy atom. The van der Waals surface area contributed by atoms with Gasteiger partial charge in [-0.25, -0.2) is 0 Å². The molecule has 2 unspecified atom stereocenters. The highest BCUT2D eigenvalue weighted by molar-refractivity contribution is 5.71. The van der Waals surface area contributed by atoms with Crippen LogP contribution < -0.4 is 21.5 Å². The zero-order chi connectivity index (χ0) is 14.0. The Kier molecular flexibility index (Phi) is 3.96. The molecule has 7 heteroatoms. The highest BCUT2D eigenvalue weighted by Crippen LogP contribution is 2.29. The van der Waals surface area contributed by atoms with Crippen molar-refractivity contribution in [2.45, 2.75) is 25.2 Å². The molecular formula is C12H20N4O3. The number of hydrogen-bond acceptors (Lipinski definition) is 6. The van der Waals surface area contributed by atoms with Crippen molar-refractivity contribution < 1.29 is 9.84 Å². The molecule has 1 saturated heterocycles. The van der Waals surface area contributed by atoms with Gasteiger partial charge < -0.3 is 30.8 Å². The molecule has 2 heterocycles. The molecule has 0 aliphatic carbocycles. The normalized spacial score (nSPS) is 22.5. The number of H-pyrrole nitrogens is 1. The van der Waals surface area contributed by atoms with E-state index in [-0.39, 0.29) is 24.5 Å². The van der Waals surface area contributed by atoms with Gasteiger partial charge in [0.15, 0.2) is 0 Å². The van der Waals surface area contributed by atoms with Crippen LogP contribution in [0.2, 0.25) is 0 Å². The van der Waals surface area contributed by atoms with E-state index in [9.17, 15) is 4.79 Å². The molecule has 1 aromatic rings. The standard InChI is InChI=1S/C12H20N4O3/c1-14-11-8(5-9(13)15-12(11)18)16(2)10-4-3-7(6-17)19-10/h5,7,10,14,17H,3-4,6H2,1-2H3,(H3,13,15,18). The summed E-state index contributed by atoms with van der Waals surface area (Å²) in [5, 5.41) is 12.0. The van der Waals surface area contributed by atoms with Crippen molar-refractivity contribution in [2.75, 3.05) is 36.7 Å². The zero-order valence-corrected chi connectivity index (χ0v) is 11.1. The monoisotopic (exact) mass is 268 g/mol. The summed E-state index contributed by atoms with van der Waals surface area (Å²) in [7, 11) is 3.53. The van der Waals surface area contributed by atoms with Gasteiger partial charge in [0, 0.05) is 20.2 Å². The topological polar surface area (TPSA) is 104 Å². The van der Waals surface area contributed by atoms with Crippen molar-refractivity contribution in [3.05, 3.63) is 16.4 Å². The fourth-order valence-corrected chi connectivity index (χ4v) is 2.35. The average molecular weight is 268 g/mol. The number of aromatic nitrogens is 1. The van der Waals surface area contributed by atoms with E-state index in [1.54, 1.807) is 13.1 Å². The van der Waals surface area contributed by atoms with Gasteiger partial charge in [-0.05, 0) is 12.8 Å². The Morgan fingerprint density at radius 2 is 2.37 bits per heavy atom. The van der Waals surface area contributed by atoms with Crippen LogP contribution in [-0.2, 0) is 4.74 Å². The highest BCUT2D eigenvalue weighted by Gasteiger charge is 2.29. The number of nitrogen functional groups attached to an aromatic ring is 1. The number of nitrogens with zero attached hydrogens (tertiary/aromatic N) is 1. The molecule has 0 aromatic carbocycles. The second-order valence-electron chi connectivity index (χ2n) is 4.65. The van der Waals surface area contributed by atoms with Gasteiger partial charge >= 0.3 is 0 Å². The molecule has 5 N–H and O–H groups in total. The molecule has 0 amide bonds. The number of aromatic amines is 1. The predicted octanol–water partition coefficient (Wildman–Crippen LogP) is -0.0676. The Balaban J connectivity index is 2.28. The highest BCUT2D eigenvalue weighted by atomic mass is 16.5. The molecule has 1 fully saturated rings. The van der Waals surface area contributed by atoms with Crippen LogP contribution in [0.1, 0.15) is 12.8 Å². The first kappa shape index (κ1) is 13.7. The zero-order valence-electron chi connectivity index (χ0n) is 11.1. The summed E-state index contributed by atoms with van der Waals surface area (Å²) in [5.74, 6) is 0.308. The smallest absolute Gasteiger partial charge is 0.274 e. The van der Waals surface area contributed by atoms with Crippen molar-refractivity contribution in [1.82, 2.24) is 4.98 Å². The summed E-state index contributed by atoms with van der Waals surface area (Å²) < 4.78 is 5.70. The lowest BCUT2D eigenvalue weighted by molar-refractivity contribution is 0.0127. The maximum Gasteiger partial charge on any atom is 0.274 e. The minimum Gasteiger partial charge on any atom is -0.394 e. The SMILES string of the molecule is CNc1c(N(C)C2CCC(CO)O2)cc(N)[nH]c1=O. The van der Waals surface area contributed by atoms with Crippen LogP contribution in [0.3, 0.4) is 0 Å². The second kappa shape index (κ2) is 5.50. The van der Waals surface area contributed by atoms with E-state index in [4.69, 9.17) is 15.6 Å². The van der Waals surface area contributed by atoms with Gasteiger partial charge in [0.05, 0.1) is 18.4 Å². The number of anilines is 3. The molecule has 1 aliphatic rings. The van der Waals surface area contributed by atoms with E-state index >= 15 is 0 Å². The summed E-state index contributed by atoms with van der Waals surface area (Å²) in [6.07, 6.45) is 1.31. The van der Waals surface area contributed by atoms with E-state index in [0.29, 0.717) is 17.2 Å². The first-order valence-corrected chi connectivity index (χ1v) is 6.26. The first-order valence-electron chi connectivity index (χ1n) is 6.26. The molecular weight excluding hydrogens is 248 g/mol. The Bertz CT molecular complexity index is 502. The summed E-state index contributed by atoms with van der Waals surface area (Å²) in [6.45, 7) is 0.0146. The van der Waals surface area contributed by atoms with E-state index in [1.807, 2.05) is 11.9 Å². The minimum atomic E-state index is -0.263. The van der Waals surface area contributed by atoms with E-state index < -0.39 is 0 Å². The van der Waals surface area contributed by atoms with Crippen molar-refractivity contribution in [2.24, 2.45) is 0 Å². The molecule has 1 aromatic heterocycles. The molecule has 19 heavy (non-hydrogen) atoms. The molecule has 7 nitrogen and oxygen atoms in total. The number of aliphatic hydroxyl groups is 1. The van der Waals surface area contributed by atoms with Crippen molar-refractivity contribution in [1.29, 1.82) is 0 Å². The van der Waals surface area contributed by atoms with Gasteiger partial charge in [0.25, 0.3) is 5.56 Å². The number of nitrogens with two attached hydrogens (primary N) is 1. The van der Waals surface area contributed by atoms with E-state index in [2.05, 4.69) is 10.3 Å². The summed E-state index contributed by atoms with van der Waals surface area (Å²) in [5.41, 5.74) is 6.56. The quantitative estimate of drug-likeness (QED) is 0.609. The summed E-state index contributed by atoms with van der Waals surface area (Å²) >= 11 is 0. The molecule has 1 aliphatic heterocycles. The minimum absolute atomic E-state index is 0.0146. The van der Waals surface area contributed by atoms with E-state index in [0.717, 1.165) is 12.8 Å². The van der Waals surface area contributed by atoms with Crippen LogP contribution >= 0.6 is 0 Å². The largest absolute Gasteiger partial charge is 0.394 e. The summed E-state index contributed by atoms with van der Waals surface area (Å²) in [4.78, 5) is 16.2. The predicted molar refractivity (Wildman–Crippen MR) is 74.4 cm³/mol. The van der Waals surface area contributed by atoms with Crippen LogP contribution in [0.15, 0.2) is 10.9 Å². The van der Waals surface area contributed by atoms with Crippen LogP contribution in [0, 0.1) is 0 Å². The molecule has 0 radical (unpaired) electrons. The fourth-order valence-electron chi connectivity index (χ4n) is 2.35. The second-order valence-corrected chi connectivity index (χ2v) is 4.65. The molecule has 2 atom stereocenters. The molecule has 106 valence electrons. The number of aliphatic hydroxyl groups excluding tert-OH is 1. The molecule has 2 rings (SSSR count). The van der Waals surface area contributed by atoms with Crippen LogP contribution in [-0.4, -0.2) is 43.1 Å². The molecule has 0 saturated carbocycles. The molecule has 0 spiro atoms. The van der Waals surface area contributed by atoms with E-state index in [1.165, 1.54) is 0 Å². The number of hydrogen-bond donors (Lipinski definition) is 4. The van der Waals surface area contributed by atoms with Gasteiger partial charge in [-0.15, -0.1) is 0 Å². The lowest BCUT2D eigenvalue weighted by Crippen LogP contribution is -2.34. The fraction of sp³-hybridized carbons (Fsp3) is 0.583. The van der Waals surface area contributed by atoms with Gasteiger partial charge in [-0.1, -0.05) is 0 Å². The maximum atomic E-state index is 11.8. The lowest BCUT2D eigenvalue weighted by atomic mass is 10.2. The first-order chi connectivity index (χ1) is 9.06. The van der Waals surface area contributed by atoms with Crippen LogP contribution in [0.4, 0.5) is 17.2 Å². The molecule has 0 bridgehead atoms. The Hall–Kier alpha value is -1.73. The van der Waals surface area contributed by atoms with Crippen LogP contribution in [0.25, 0.3) is 0 Å². The van der Waals surface area contributed by atoms with Crippen LogP contribution in [0.5, 0.6) is 0 Å². The maximum absolute atomic E-state index is 11.8. The van der Waals surface area contributed by atoms with Crippen molar-refractivity contribution in [3.8, 4) is 0 Å². The third kappa shape index (κ3) is 2.66. The van der Waals surface area contributed by atoms with Crippen molar-refractivity contribution >= 4 is 17.2 Å². The average Bonchev–Trinajstić information content (AvgIpc) is 2.85. The van der Waals surface area contributed by atoms with Crippen molar-refractivity contribution in [3.63, 3.8) is 0 Å².